The van der Waals surface area contributed by atoms with Gasteiger partial charge >= 0.3 is 0 Å². The highest BCUT2D eigenvalue weighted by atomic mass is 32.2. The molecule has 2 aliphatic rings. The molecule has 0 aromatic heterocycles. The quantitative estimate of drug-likeness (QED) is 0.647. The van der Waals surface area contributed by atoms with E-state index in [1.54, 1.807) is 6.34 Å². The van der Waals surface area contributed by atoms with E-state index in [1.165, 1.54) is 0 Å². The fourth-order valence-corrected chi connectivity index (χ4v) is 2.79. The first-order valence-corrected chi connectivity index (χ1v) is 6.71. The Labute approximate surface area is 100 Å². The van der Waals surface area contributed by atoms with Crippen molar-refractivity contribution in [2.45, 2.75) is 25.6 Å². The number of nitrogens with two attached hydrogens (primary N) is 1. The Morgan fingerprint density at radius 1 is 1.71 bits per heavy atom. The fourth-order valence-electron chi connectivity index (χ4n) is 2.17. The lowest BCUT2D eigenvalue weighted by Crippen LogP contribution is -2.40. The number of rotatable bonds is 3. The number of hydrogen-bond donors (Lipinski definition) is 2. The van der Waals surface area contributed by atoms with Gasteiger partial charge in [-0.15, -0.1) is 0 Å². The van der Waals surface area contributed by atoms with E-state index in [9.17, 15) is 8.42 Å². The molecule has 0 saturated carbocycles. The van der Waals surface area contributed by atoms with Crippen LogP contribution in [0.3, 0.4) is 0 Å². The summed E-state index contributed by atoms with van der Waals surface area (Å²) in [5.74, 6) is 0. The van der Waals surface area contributed by atoms with Crippen LogP contribution in [-0.2, 0) is 10.2 Å². The van der Waals surface area contributed by atoms with E-state index in [1.807, 2.05) is 11.8 Å². The van der Waals surface area contributed by atoms with Crippen LogP contribution in [0.2, 0.25) is 0 Å². The maximum atomic E-state index is 11.0. The Hall–Kier alpha value is -1.25. The van der Waals surface area contributed by atoms with Gasteiger partial charge in [-0.05, 0) is 19.2 Å². The Morgan fingerprint density at radius 3 is 3.00 bits per heavy atom. The summed E-state index contributed by atoms with van der Waals surface area (Å²) in [6.45, 7) is 5.95. The maximum absolute atomic E-state index is 11.0. The molecule has 0 aromatic rings. The monoisotopic (exact) mass is 257 g/mol. The van der Waals surface area contributed by atoms with Crippen molar-refractivity contribution < 1.29 is 8.42 Å². The molecule has 0 radical (unpaired) electrons. The Balaban J connectivity index is 2.18. The highest BCUT2D eigenvalue weighted by Gasteiger charge is 2.32. The topological polar surface area (TPSA) is 100 Å². The molecule has 3 N–H and O–H groups in total. The van der Waals surface area contributed by atoms with Gasteiger partial charge in [0.25, 0.3) is 10.2 Å². The Kier molecular flexibility index (Phi) is 3.02. The van der Waals surface area contributed by atoms with Gasteiger partial charge in [-0.25, -0.2) is 10.1 Å². The molecule has 1 saturated heterocycles. The van der Waals surface area contributed by atoms with Crippen LogP contribution in [0.25, 0.3) is 0 Å². The minimum atomic E-state index is -3.67. The van der Waals surface area contributed by atoms with Crippen molar-refractivity contribution in [2.75, 3.05) is 6.54 Å². The summed E-state index contributed by atoms with van der Waals surface area (Å²) in [6.07, 6.45) is 2.02. The van der Waals surface area contributed by atoms with E-state index in [-0.39, 0.29) is 12.2 Å². The molecule has 8 heteroatoms. The molecule has 2 atom stereocenters. The summed E-state index contributed by atoms with van der Waals surface area (Å²) in [5, 5.41) is 4.96. The first-order valence-electron chi connectivity index (χ1n) is 5.16. The molecule has 0 unspecified atom stereocenters. The summed E-state index contributed by atoms with van der Waals surface area (Å²) in [7, 11) is -3.67. The summed E-state index contributed by atoms with van der Waals surface area (Å²) in [5.41, 5.74) is 2.04. The van der Waals surface area contributed by atoms with Crippen LogP contribution in [0.4, 0.5) is 0 Å². The second kappa shape index (κ2) is 4.21. The van der Waals surface area contributed by atoms with Crippen molar-refractivity contribution in [3.63, 3.8) is 0 Å². The van der Waals surface area contributed by atoms with Crippen molar-refractivity contribution >= 4 is 23.3 Å². The van der Waals surface area contributed by atoms with Crippen LogP contribution < -0.4 is 9.86 Å². The third-order valence-corrected chi connectivity index (χ3v) is 3.56. The average molecular weight is 257 g/mol. The van der Waals surface area contributed by atoms with Crippen molar-refractivity contribution in [2.24, 2.45) is 15.1 Å². The minimum absolute atomic E-state index is 0.218. The normalized spacial score (nSPS) is 28.5. The molecule has 0 amide bonds. The molecule has 0 aromatic carbocycles. The molecule has 2 rings (SSSR count). The number of hydrogen-bond acceptors (Lipinski definition) is 5. The van der Waals surface area contributed by atoms with Gasteiger partial charge in [0.1, 0.15) is 0 Å². The molecule has 0 aliphatic carbocycles. The van der Waals surface area contributed by atoms with E-state index >= 15 is 0 Å². The van der Waals surface area contributed by atoms with E-state index < -0.39 is 10.2 Å². The second-order valence-corrected chi connectivity index (χ2v) is 5.49. The molecule has 2 aliphatic heterocycles. The van der Waals surface area contributed by atoms with Crippen LogP contribution in [0.5, 0.6) is 0 Å². The number of aliphatic imine (C=N–C) groups is 2. The molecule has 17 heavy (non-hydrogen) atoms. The molecular weight excluding hydrogens is 242 g/mol. The summed E-state index contributed by atoms with van der Waals surface area (Å²) in [6, 6.07) is -0.218. The zero-order valence-corrected chi connectivity index (χ0v) is 10.3. The lowest BCUT2D eigenvalue weighted by atomic mass is 10.1. The summed E-state index contributed by atoms with van der Waals surface area (Å²) in [4.78, 5) is 10.0. The lowest BCUT2D eigenvalue weighted by Gasteiger charge is -2.23. The van der Waals surface area contributed by atoms with Crippen LogP contribution in [0.1, 0.15) is 13.3 Å². The summed E-state index contributed by atoms with van der Waals surface area (Å²) >= 11 is 0. The van der Waals surface area contributed by atoms with Crippen LogP contribution >= 0.6 is 0 Å². The third-order valence-electron chi connectivity index (χ3n) is 2.90. The first kappa shape index (κ1) is 12.2. The lowest BCUT2D eigenvalue weighted by molar-refractivity contribution is 0.521. The third kappa shape index (κ3) is 2.54. The first-order chi connectivity index (χ1) is 7.90. The van der Waals surface area contributed by atoms with E-state index in [0.29, 0.717) is 13.0 Å². The molecule has 7 nitrogen and oxygen atoms in total. The highest BCUT2D eigenvalue weighted by Crippen LogP contribution is 2.29. The van der Waals surface area contributed by atoms with Crippen molar-refractivity contribution in [3.8, 4) is 0 Å². The Morgan fingerprint density at radius 2 is 2.41 bits per heavy atom. The van der Waals surface area contributed by atoms with Gasteiger partial charge in [-0.1, -0.05) is 0 Å². The van der Waals surface area contributed by atoms with Crippen LogP contribution in [0, 0.1) is 0 Å². The zero-order chi connectivity index (χ0) is 12.6. The van der Waals surface area contributed by atoms with E-state index in [2.05, 4.69) is 21.4 Å². The van der Waals surface area contributed by atoms with Gasteiger partial charge in [-0.3, -0.25) is 4.99 Å². The van der Waals surface area contributed by atoms with E-state index in [4.69, 9.17) is 5.14 Å². The largest absolute Gasteiger partial charge is 0.335 e. The molecule has 2 heterocycles. The zero-order valence-electron chi connectivity index (χ0n) is 9.50. The van der Waals surface area contributed by atoms with Gasteiger partial charge < -0.3 is 4.90 Å². The SMILES string of the molecule is C=N[C@@H]1N=CN2C[C@@H](NS(N)(=O)=O)CC2=C1C. The van der Waals surface area contributed by atoms with Gasteiger partial charge in [-0.2, -0.15) is 13.1 Å². The average Bonchev–Trinajstić information content (AvgIpc) is 2.59. The second-order valence-electron chi connectivity index (χ2n) is 4.17. The number of fused-ring (bicyclic) bond motifs is 1. The molecule has 1 fully saturated rings. The van der Waals surface area contributed by atoms with Gasteiger partial charge in [0.2, 0.25) is 0 Å². The standard InChI is InChI=1S/C9H15N5O2S/c1-6-8-3-7(13-17(10,15)16)4-14(8)5-12-9(6)11-2/h5,7,9,13H,2-4H2,1H3,(H2,10,15,16)/t7-,9+/m0/s1. The molecular formula is C9H15N5O2S. The van der Waals surface area contributed by atoms with Gasteiger partial charge in [0, 0.05) is 24.7 Å². The van der Waals surface area contributed by atoms with Crippen LogP contribution in [-0.4, -0.2) is 45.1 Å². The highest BCUT2D eigenvalue weighted by molar-refractivity contribution is 7.87. The smallest absolute Gasteiger partial charge is 0.274 e. The maximum Gasteiger partial charge on any atom is 0.274 e. The van der Waals surface area contributed by atoms with Crippen molar-refractivity contribution in [1.29, 1.82) is 0 Å². The van der Waals surface area contributed by atoms with Crippen molar-refractivity contribution in [1.82, 2.24) is 9.62 Å². The summed E-state index contributed by atoms with van der Waals surface area (Å²) < 4.78 is 24.3. The predicted molar refractivity (Wildman–Crippen MR) is 65.9 cm³/mol. The minimum Gasteiger partial charge on any atom is -0.335 e. The van der Waals surface area contributed by atoms with Gasteiger partial charge in [0.15, 0.2) is 6.17 Å². The molecule has 0 bridgehead atoms. The number of nitrogens with one attached hydrogen (secondary N) is 1. The van der Waals surface area contributed by atoms with Crippen molar-refractivity contribution in [3.05, 3.63) is 11.3 Å². The molecule has 0 spiro atoms. The van der Waals surface area contributed by atoms with Gasteiger partial charge in [0.05, 0.1) is 6.34 Å². The van der Waals surface area contributed by atoms with E-state index in [0.717, 1.165) is 11.3 Å². The Bertz CT molecular complexity index is 496. The number of nitrogens with zero attached hydrogens (tertiary/aromatic N) is 3. The molecule has 94 valence electrons. The fraction of sp³-hybridized carbons (Fsp3) is 0.556. The van der Waals surface area contributed by atoms with Crippen LogP contribution in [0.15, 0.2) is 21.3 Å². The predicted octanol–water partition coefficient (Wildman–Crippen LogP) is -0.804.